The maximum Gasteiger partial charge on any atom is 0.237 e. The van der Waals surface area contributed by atoms with Crippen LogP contribution in [0.3, 0.4) is 0 Å². The van der Waals surface area contributed by atoms with Gasteiger partial charge in [-0.25, -0.2) is 4.39 Å². The van der Waals surface area contributed by atoms with Crippen molar-refractivity contribution in [3.63, 3.8) is 0 Å². The average molecular weight is 439 g/mol. The Morgan fingerprint density at radius 1 is 1.07 bits per heavy atom. The first-order valence-corrected chi connectivity index (χ1v) is 11.0. The highest BCUT2D eigenvalue weighted by Gasteiger charge is 2.17. The summed E-state index contributed by atoms with van der Waals surface area (Å²) in [5.74, 6) is -0.351. The number of fused-ring (bicyclic) bond motifs is 1. The van der Waals surface area contributed by atoms with Gasteiger partial charge in [-0.3, -0.25) is 4.79 Å². The Morgan fingerprint density at radius 3 is 2.63 bits per heavy atom. The van der Waals surface area contributed by atoms with Crippen molar-refractivity contribution in [3.05, 3.63) is 78.1 Å². The summed E-state index contributed by atoms with van der Waals surface area (Å²) in [6, 6.07) is 20.2. The molecule has 0 aliphatic carbocycles. The van der Waals surface area contributed by atoms with E-state index in [1.807, 2.05) is 49.4 Å². The molecule has 0 radical (unpaired) electrons. The monoisotopic (exact) mass is 438 g/mol. The number of amides is 1. The summed E-state index contributed by atoms with van der Waals surface area (Å²) in [5.41, 5.74) is 1.72. The van der Waals surface area contributed by atoms with Crippen LogP contribution in [0.2, 0.25) is 0 Å². The van der Waals surface area contributed by atoms with Crippen molar-refractivity contribution in [3.8, 4) is 0 Å². The van der Waals surface area contributed by atoms with Crippen molar-refractivity contribution < 1.29 is 9.18 Å². The van der Waals surface area contributed by atoms with Crippen LogP contribution in [0.25, 0.3) is 10.8 Å². The van der Waals surface area contributed by atoms with Crippen molar-refractivity contribution in [1.29, 1.82) is 0 Å². The van der Waals surface area contributed by atoms with E-state index in [0.717, 1.165) is 22.0 Å². The largest absolute Gasteiger partial charge is 0.356 e. The highest BCUT2D eigenvalue weighted by molar-refractivity contribution is 8.02. The van der Waals surface area contributed by atoms with Gasteiger partial charge < -0.3 is 10.6 Å². The van der Waals surface area contributed by atoms with E-state index < -0.39 is 0 Å². The Kier molecular flexibility index (Phi) is 6.25. The second kappa shape index (κ2) is 9.23. The molecule has 0 saturated carbocycles. The molecule has 152 valence electrons. The summed E-state index contributed by atoms with van der Waals surface area (Å²) in [6.45, 7) is 2.37. The van der Waals surface area contributed by atoms with E-state index in [-0.39, 0.29) is 17.0 Å². The molecule has 4 aromatic rings. The van der Waals surface area contributed by atoms with Crippen LogP contribution in [-0.2, 0) is 11.3 Å². The minimum absolute atomic E-state index is 0.0914. The van der Waals surface area contributed by atoms with E-state index in [0.29, 0.717) is 16.0 Å². The molecule has 0 aliphatic rings. The number of thioether (sulfide) groups is 1. The standard InChI is InChI=1S/C22H19FN4OS2/c1-14(20(28)25-19-11-8-16-4-2-3-5-17(16)12-19)29-22-27-26-21(30-22)24-13-15-6-9-18(23)10-7-15/h2-12,14H,13H2,1H3,(H,24,26)(H,25,28). The fourth-order valence-corrected chi connectivity index (χ4v) is 4.72. The molecule has 8 heteroatoms. The van der Waals surface area contributed by atoms with Crippen molar-refractivity contribution in [2.24, 2.45) is 0 Å². The zero-order valence-electron chi connectivity index (χ0n) is 16.1. The van der Waals surface area contributed by atoms with Crippen LogP contribution in [0.5, 0.6) is 0 Å². The molecule has 3 aromatic carbocycles. The van der Waals surface area contributed by atoms with E-state index in [9.17, 15) is 9.18 Å². The molecule has 4 rings (SSSR count). The fraction of sp³-hybridized carbons (Fsp3) is 0.136. The Bertz CT molecular complexity index is 1160. The third kappa shape index (κ3) is 5.14. The first-order valence-electron chi connectivity index (χ1n) is 9.35. The number of anilines is 2. The number of halogens is 1. The lowest BCUT2D eigenvalue weighted by Gasteiger charge is -2.11. The SMILES string of the molecule is CC(Sc1nnc(NCc2ccc(F)cc2)s1)C(=O)Nc1ccc2ccccc2c1. The Balaban J connectivity index is 1.32. The summed E-state index contributed by atoms with van der Waals surface area (Å²) >= 11 is 2.75. The van der Waals surface area contributed by atoms with Gasteiger partial charge in [0.05, 0.1) is 5.25 Å². The molecule has 0 fully saturated rings. The smallest absolute Gasteiger partial charge is 0.237 e. The predicted octanol–water partition coefficient (Wildman–Crippen LogP) is 5.56. The number of carbonyl (C=O) groups is 1. The molecule has 0 bridgehead atoms. The molecule has 0 spiro atoms. The quantitative estimate of drug-likeness (QED) is 0.370. The maximum absolute atomic E-state index is 13.0. The van der Waals surface area contributed by atoms with Gasteiger partial charge in [0.1, 0.15) is 5.82 Å². The molecule has 1 aromatic heterocycles. The number of nitrogens with zero attached hydrogens (tertiary/aromatic N) is 2. The summed E-state index contributed by atoms with van der Waals surface area (Å²) in [6.07, 6.45) is 0. The number of hydrogen-bond acceptors (Lipinski definition) is 6. The molecule has 0 saturated heterocycles. The maximum atomic E-state index is 13.0. The van der Waals surface area contributed by atoms with Gasteiger partial charge in [-0.05, 0) is 47.5 Å². The summed E-state index contributed by atoms with van der Waals surface area (Å²) < 4.78 is 13.7. The number of hydrogen-bond donors (Lipinski definition) is 2. The van der Waals surface area contributed by atoms with Gasteiger partial charge in [-0.15, -0.1) is 10.2 Å². The van der Waals surface area contributed by atoms with E-state index in [1.165, 1.54) is 35.2 Å². The van der Waals surface area contributed by atoms with E-state index in [4.69, 9.17) is 0 Å². The molecule has 5 nitrogen and oxygen atoms in total. The topological polar surface area (TPSA) is 66.9 Å². The van der Waals surface area contributed by atoms with Crippen LogP contribution in [0.15, 0.2) is 71.1 Å². The molecule has 1 unspecified atom stereocenters. The Labute approximate surface area is 181 Å². The molecule has 1 atom stereocenters. The molecule has 1 amide bonds. The lowest BCUT2D eigenvalue weighted by Crippen LogP contribution is -2.22. The van der Waals surface area contributed by atoms with Crippen LogP contribution >= 0.6 is 23.1 Å². The highest BCUT2D eigenvalue weighted by Crippen LogP contribution is 2.30. The fourth-order valence-electron chi connectivity index (χ4n) is 2.82. The summed E-state index contributed by atoms with van der Waals surface area (Å²) in [5, 5.41) is 16.9. The summed E-state index contributed by atoms with van der Waals surface area (Å²) in [7, 11) is 0. The number of carbonyl (C=O) groups excluding carboxylic acids is 1. The Hall–Kier alpha value is -2.97. The van der Waals surface area contributed by atoms with Crippen LogP contribution in [-0.4, -0.2) is 21.4 Å². The zero-order valence-corrected chi connectivity index (χ0v) is 17.8. The third-order valence-electron chi connectivity index (χ3n) is 4.43. The van der Waals surface area contributed by atoms with Crippen molar-refractivity contribution in [1.82, 2.24) is 10.2 Å². The van der Waals surface area contributed by atoms with Gasteiger partial charge in [0.15, 0.2) is 4.34 Å². The third-order valence-corrected chi connectivity index (χ3v) is 6.49. The van der Waals surface area contributed by atoms with Gasteiger partial charge in [-0.1, -0.05) is 65.6 Å². The second-order valence-electron chi connectivity index (χ2n) is 6.66. The van der Waals surface area contributed by atoms with Crippen molar-refractivity contribution in [2.45, 2.75) is 23.1 Å². The minimum Gasteiger partial charge on any atom is -0.356 e. The van der Waals surface area contributed by atoms with Gasteiger partial charge in [-0.2, -0.15) is 0 Å². The van der Waals surface area contributed by atoms with E-state index in [1.54, 1.807) is 12.1 Å². The van der Waals surface area contributed by atoms with Crippen LogP contribution in [0, 0.1) is 5.82 Å². The van der Waals surface area contributed by atoms with E-state index in [2.05, 4.69) is 20.8 Å². The van der Waals surface area contributed by atoms with Crippen LogP contribution in [0.4, 0.5) is 15.2 Å². The average Bonchev–Trinajstić information content (AvgIpc) is 3.20. The first kappa shape index (κ1) is 20.3. The minimum atomic E-state index is -0.325. The zero-order chi connectivity index (χ0) is 20.9. The molecular formula is C22H19FN4OS2. The number of benzene rings is 3. The lowest BCUT2D eigenvalue weighted by atomic mass is 10.1. The highest BCUT2D eigenvalue weighted by atomic mass is 32.2. The predicted molar refractivity (Wildman–Crippen MR) is 122 cm³/mol. The lowest BCUT2D eigenvalue weighted by molar-refractivity contribution is -0.115. The van der Waals surface area contributed by atoms with Gasteiger partial charge >= 0.3 is 0 Å². The molecule has 0 aliphatic heterocycles. The van der Waals surface area contributed by atoms with Crippen LogP contribution in [0.1, 0.15) is 12.5 Å². The van der Waals surface area contributed by atoms with Crippen molar-refractivity contribution >= 4 is 50.6 Å². The van der Waals surface area contributed by atoms with Gasteiger partial charge in [0.25, 0.3) is 0 Å². The van der Waals surface area contributed by atoms with Crippen LogP contribution < -0.4 is 10.6 Å². The molecular weight excluding hydrogens is 419 g/mol. The number of aromatic nitrogens is 2. The molecule has 1 heterocycles. The summed E-state index contributed by atoms with van der Waals surface area (Å²) in [4.78, 5) is 12.6. The van der Waals surface area contributed by atoms with E-state index >= 15 is 0 Å². The number of rotatable bonds is 7. The van der Waals surface area contributed by atoms with Crippen molar-refractivity contribution in [2.75, 3.05) is 10.6 Å². The molecule has 30 heavy (non-hydrogen) atoms. The normalized spacial score (nSPS) is 11.9. The number of nitrogens with one attached hydrogen (secondary N) is 2. The van der Waals surface area contributed by atoms with Gasteiger partial charge in [0.2, 0.25) is 11.0 Å². The van der Waals surface area contributed by atoms with Gasteiger partial charge in [0, 0.05) is 12.2 Å². The second-order valence-corrected chi connectivity index (χ2v) is 9.23. The molecule has 2 N–H and O–H groups in total. The first-order chi connectivity index (χ1) is 14.6. The Morgan fingerprint density at radius 2 is 1.83 bits per heavy atom.